The lowest BCUT2D eigenvalue weighted by Crippen LogP contribution is -1.90. The summed E-state index contributed by atoms with van der Waals surface area (Å²) in [6.07, 6.45) is 1.40. The Bertz CT molecular complexity index is 587. The molecule has 0 aliphatic rings. The fourth-order valence-corrected chi connectivity index (χ4v) is 1.64. The molecular formula is C11H6Cl2N2O3. The van der Waals surface area contributed by atoms with Crippen molar-refractivity contribution in [1.29, 1.82) is 0 Å². The van der Waals surface area contributed by atoms with Crippen molar-refractivity contribution in [2.75, 3.05) is 0 Å². The molecule has 0 saturated carbocycles. The summed E-state index contributed by atoms with van der Waals surface area (Å²) in [6, 6.07) is 7.09. The summed E-state index contributed by atoms with van der Waals surface area (Å²) in [5.41, 5.74) is -0.0162. The number of hydrogen-bond acceptors (Lipinski definition) is 4. The molecule has 1 heterocycles. The molecule has 92 valence electrons. The first-order chi connectivity index (χ1) is 8.56. The van der Waals surface area contributed by atoms with Gasteiger partial charge in [0, 0.05) is 18.3 Å². The van der Waals surface area contributed by atoms with Gasteiger partial charge in [-0.1, -0.05) is 23.2 Å². The number of aromatic nitrogens is 1. The van der Waals surface area contributed by atoms with Gasteiger partial charge in [0.25, 0.3) is 5.69 Å². The summed E-state index contributed by atoms with van der Waals surface area (Å²) in [4.78, 5) is 13.9. The molecule has 1 aromatic carbocycles. The Morgan fingerprint density at radius 1 is 1.22 bits per heavy atom. The van der Waals surface area contributed by atoms with Gasteiger partial charge in [0.15, 0.2) is 0 Å². The molecule has 0 amide bonds. The van der Waals surface area contributed by atoms with Crippen molar-refractivity contribution in [3.05, 3.63) is 56.7 Å². The number of rotatable bonds is 3. The molecular weight excluding hydrogens is 279 g/mol. The second-order valence-corrected chi connectivity index (χ2v) is 4.14. The van der Waals surface area contributed by atoms with E-state index in [-0.39, 0.29) is 16.6 Å². The fourth-order valence-electron chi connectivity index (χ4n) is 1.22. The minimum atomic E-state index is -0.489. The second kappa shape index (κ2) is 5.20. The first kappa shape index (κ1) is 12.6. The summed E-state index contributed by atoms with van der Waals surface area (Å²) in [7, 11) is 0. The third kappa shape index (κ3) is 2.88. The van der Waals surface area contributed by atoms with Gasteiger partial charge in [-0.25, -0.2) is 4.98 Å². The van der Waals surface area contributed by atoms with Crippen LogP contribution in [0.4, 0.5) is 5.69 Å². The zero-order chi connectivity index (χ0) is 13.1. The van der Waals surface area contributed by atoms with Crippen LogP contribution < -0.4 is 4.74 Å². The standard InChI is InChI=1S/C11H6Cl2N2O3/c12-7-5-10(13)11(14-6-7)18-9-3-1-8(2-4-9)15(16)17/h1-6H. The average molecular weight is 285 g/mol. The Labute approximate surface area is 112 Å². The summed E-state index contributed by atoms with van der Waals surface area (Å²) in [6.45, 7) is 0. The molecule has 0 saturated heterocycles. The molecule has 0 N–H and O–H groups in total. The number of hydrogen-bond donors (Lipinski definition) is 0. The molecule has 7 heteroatoms. The molecule has 0 spiro atoms. The third-order valence-electron chi connectivity index (χ3n) is 2.04. The maximum absolute atomic E-state index is 10.5. The number of non-ortho nitro benzene ring substituents is 1. The van der Waals surface area contributed by atoms with Crippen molar-refractivity contribution in [3.63, 3.8) is 0 Å². The molecule has 18 heavy (non-hydrogen) atoms. The minimum absolute atomic E-state index is 0.0162. The highest BCUT2D eigenvalue weighted by molar-refractivity contribution is 6.35. The lowest BCUT2D eigenvalue weighted by molar-refractivity contribution is -0.384. The molecule has 2 aromatic rings. The van der Waals surface area contributed by atoms with Gasteiger partial charge in [-0.3, -0.25) is 10.1 Å². The molecule has 5 nitrogen and oxygen atoms in total. The maximum Gasteiger partial charge on any atom is 0.269 e. The number of pyridine rings is 1. The van der Waals surface area contributed by atoms with Gasteiger partial charge in [-0.2, -0.15) is 0 Å². The highest BCUT2D eigenvalue weighted by atomic mass is 35.5. The number of nitrogens with zero attached hydrogens (tertiary/aromatic N) is 2. The van der Waals surface area contributed by atoms with Crippen molar-refractivity contribution in [3.8, 4) is 11.6 Å². The van der Waals surface area contributed by atoms with Crippen LogP contribution in [-0.2, 0) is 0 Å². The van der Waals surface area contributed by atoms with Crippen LogP contribution >= 0.6 is 23.2 Å². The first-order valence-electron chi connectivity index (χ1n) is 4.79. The Kier molecular flexibility index (Phi) is 3.64. The van der Waals surface area contributed by atoms with Crippen LogP contribution in [0.25, 0.3) is 0 Å². The van der Waals surface area contributed by atoms with Crippen LogP contribution in [0.1, 0.15) is 0 Å². The molecule has 0 radical (unpaired) electrons. The highest BCUT2D eigenvalue weighted by Gasteiger charge is 2.08. The van der Waals surface area contributed by atoms with Gasteiger partial charge in [0.2, 0.25) is 5.88 Å². The molecule has 0 unspecified atom stereocenters. The van der Waals surface area contributed by atoms with Crippen molar-refractivity contribution >= 4 is 28.9 Å². The van der Waals surface area contributed by atoms with E-state index in [1.807, 2.05) is 0 Å². The Balaban J connectivity index is 2.21. The van der Waals surface area contributed by atoms with E-state index in [4.69, 9.17) is 27.9 Å². The normalized spacial score (nSPS) is 10.1. The van der Waals surface area contributed by atoms with Gasteiger partial charge in [-0.05, 0) is 18.2 Å². The molecule has 0 aliphatic heterocycles. The largest absolute Gasteiger partial charge is 0.438 e. The maximum atomic E-state index is 10.5. The van der Waals surface area contributed by atoms with Gasteiger partial charge in [0.05, 0.1) is 9.95 Å². The fraction of sp³-hybridized carbons (Fsp3) is 0. The van der Waals surface area contributed by atoms with Gasteiger partial charge >= 0.3 is 0 Å². The minimum Gasteiger partial charge on any atom is -0.438 e. The number of halogens is 2. The Hall–Kier alpha value is -1.85. The molecule has 2 rings (SSSR count). The predicted molar refractivity (Wildman–Crippen MR) is 67.4 cm³/mol. The second-order valence-electron chi connectivity index (χ2n) is 3.29. The van der Waals surface area contributed by atoms with E-state index in [2.05, 4.69) is 4.98 Å². The van der Waals surface area contributed by atoms with Gasteiger partial charge in [0.1, 0.15) is 10.8 Å². The van der Waals surface area contributed by atoms with Crippen molar-refractivity contribution < 1.29 is 9.66 Å². The monoisotopic (exact) mass is 284 g/mol. The van der Waals surface area contributed by atoms with Crippen molar-refractivity contribution in [2.45, 2.75) is 0 Å². The molecule has 0 atom stereocenters. The molecule has 0 aliphatic carbocycles. The topological polar surface area (TPSA) is 65.3 Å². The number of nitro benzene ring substituents is 1. The predicted octanol–water partition coefficient (Wildman–Crippen LogP) is 4.09. The quantitative estimate of drug-likeness (QED) is 0.629. The van der Waals surface area contributed by atoms with Crippen LogP contribution in [0.2, 0.25) is 10.0 Å². The van der Waals surface area contributed by atoms with E-state index in [9.17, 15) is 10.1 Å². The van der Waals surface area contributed by atoms with E-state index >= 15 is 0 Å². The first-order valence-corrected chi connectivity index (χ1v) is 5.55. The van der Waals surface area contributed by atoms with Gasteiger partial charge < -0.3 is 4.74 Å². The number of benzene rings is 1. The van der Waals surface area contributed by atoms with Crippen LogP contribution in [0.3, 0.4) is 0 Å². The van der Waals surface area contributed by atoms with E-state index in [1.165, 1.54) is 36.5 Å². The van der Waals surface area contributed by atoms with E-state index in [0.29, 0.717) is 10.8 Å². The van der Waals surface area contributed by atoms with E-state index < -0.39 is 4.92 Å². The van der Waals surface area contributed by atoms with Crippen LogP contribution in [0.15, 0.2) is 36.5 Å². The van der Waals surface area contributed by atoms with E-state index in [0.717, 1.165) is 0 Å². The van der Waals surface area contributed by atoms with Gasteiger partial charge in [-0.15, -0.1) is 0 Å². The lowest BCUT2D eigenvalue weighted by atomic mass is 10.3. The summed E-state index contributed by atoms with van der Waals surface area (Å²) >= 11 is 11.6. The van der Waals surface area contributed by atoms with Crippen LogP contribution in [-0.4, -0.2) is 9.91 Å². The van der Waals surface area contributed by atoms with Crippen LogP contribution in [0.5, 0.6) is 11.6 Å². The van der Waals surface area contributed by atoms with E-state index in [1.54, 1.807) is 0 Å². The molecule has 0 fully saturated rings. The lowest BCUT2D eigenvalue weighted by Gasteiger charge is -2.05. The van der Waals surface area contributed by atoms with Crippen molar-refractivity contribution in [1.82, 2.24) is 4.98 Å². The molecule has 0 bridgehead atoms. The zero-order valence-electron chi connectivity index (χ0n) is 8.84. The summed E-state index contributed by atoms with van der Waals surface area (Å²) in [5.74, 6) is 0.590. The number of ether oxygens (including phenoxy) is 1. The highest BCUT2D eigenvalue weighted by Crippen LogP contribution is 2.29. The Morgan fingerprint density at radius 3 is 2.44 bits per heavy atom. The summed E-state index contributed by atoms with van der Waals surface area (Å²) < 4.78 is 5.37. The average Bonchev–Trinajstić information content (AvgIpc) is 2.33. The molecule has 1 aromatic heterocycles. The zero-order valence-corrected chi connectivity index (χ0v) is 10.4. The van der Waals surface area contributed by atoms with Crippen molar-refractivity contribution in [2.24, 2.45) is 0 Å². The third-order valence-corrected chi connectivity index (χ3v) is 2.51. The number of nitro groups is 1. The Morgan fingerprint density at radius 2 is 1.89 bits per heavy atom. The summed E-state index contributed by atoms with van der Waals surface area (Å²) in [5, 5.41) is 11.1. The smallest absolute Gasteiger partial charge is 0.269 e. The SMILES string of the molecule is O=[N+]([O-])c1ccc(Oc2ncc(Cl)cc2Cl)cc1. The van der Waals surface area contributed by atoms with Crippen LogP contribution in [0, 0.1) is 10.1 Å².